The van der Waals surface area contributed by atoms with Crippen LogP contribution in [0.25, 0.3) is 22.4 Å². The van der Waals surface area contributed by atoms with Crippen LogP contribution in [0, 0.1) is 17.1 Å². The normalized spacial score (nSPS) is 11.2. The molecule has 0 bridgehead atoms. The van der Waals surface area contributed by atoms with E-state index in [1.165, 1.54) is 19.2 Å². The maximum absolute atomic E-state index is 13.6. The van der Waals surface area contributed by atoms with Gasteiger partial charge in [-0.2, -0.15) is 5.26 Å². The second kappa shape index (κ2) is 9.55. The quantitative estimate of drug-likeness (QED) is 0.232. The van der Waals surface area contributed by atoms with E-state index in [0.717, 1.165) is 16.3 Å². The molecule has 3 nitrogen and oxygen atoms in total. The zero-order valence-electron chi connectivity index (χ0n) is 17.3. The van der Waals surface area contributed by atoms with Crippen LogP contribution >= 0.6 is 11.6 Å². The first-order valence-corrected chi connectivity index (χ1v) is 10.3. The molecule has 0 saturated heterocycles. The average Bonchev–Trinajstić information content (AvgIpc) is 2.81. The van der Waals surface area contributed by atoms with Crippen molar-refractivity contribution >= 4 is 34.0 Å². The predicted molar refractivity (Wildman–Crippen MR) is 126 cm³/mol. The van der Waals surface area contributed by atoms with Crippen molar-refractivity contribution in [1.29, 1.82) is 5.26 Å². The monoisotopic (exact) mass is 443 g/mol. The molecule has 158 valence electrons. The van der Waals surface area contributed by atoms with Crippen LogP contribution in [-0.2, 0) is 6.61 Å². The molecule has 4 aromatic rings. The molecule has 0 heterocycles. The van der Waals surface area contributed by atoms with Gasteiger partial charge in [0.15, 0.2) is 11.5 Å². The number of nitrogens with zero attached hydrogens (tertiary/aromatic N) is 1. The number of fused-ring (bicyclic) bond motifs is 1. The number of benzene rings is 4. The van der Waals surface area contributed by atoms with Crippen LogP contribution in [0.5, 0.6) is 11.5 Å². The maximum atomic E-state index is 13.6. The van der Waals surface area contributed by atoms with Crippen LogP contribution in [-0.4, -0.2) is 7.11 Å². The van der Waals surface area contributed by atoms with E-state index in [2.05, 4.69) is 30.3 Å². The fourth-order valence-corrected chi connectivity index (χ4v) is 3.72. The minimum atomic E-state index is -0.406. The van der Waals surface area contributed by atoms with Crippen molar-refractivity contribution in [3.8, 4) is 17.6 Å². The van der Waals surface area contributed by atoms with E-state index in [4.69, 9.17) is 21.1 Å². The number of hydrogen-bond acceptors (Lipinski definition) is 3. The smallest absolute Gasteiger partial charge is 0.180 e. The van der Waals surface area contributed by atoms with Gasteiger partial charge in [0.1, 0.15) is 12.4 Å². The molecular weight excluding hydrogens is 425 g/mol. The van der Waals surface area contributed by atoms with Gasteiger partial charge in [-0.1, -0.05) is 60.1 Å². The van der Waals surface area contributed by atoms with Gasteiger partial charge in [-0.3, -0.25) is 0 Å². The lowest BCUT2D eigenvalue weighted by atomic mass is 10.0. The van der Waals surface area contributed by atoms with Crippen molar-refractivity contribution in [2.24, 2.45) is 0 Å². The molecule has 0 aliphatic carbocycles. The molecule has 0 atom stereocenters. The van der Waals surface area contributed by atoms with E-state index in [1.54, 1.807) is 30.3 Å². The fraction of sp³-hybridized carbons (Fsp3) is 0.0741. The molecule has 32 heavy (non-hydrogen) atoms. The molecular formula is C27H19ClFNO2. The summed E-state index contributed by atoms with van der Waals surface area (Å²) >= 11 is 6.50. The second-order valence-electron chi connectivity index (χ2n) is 7.18. The van der Waals surface area contributed by atoms with Gasteiger partial charge in [0.05, 0.1) is 23.8 Å². The first-order chi connectivity index (χ1) is 15.6. The van der Waals surface area contributed by atoms with Crippen LogP contribution < -0.4 is 9.47 Å². The lowest BCUT2D eigenvalue weighted by Crippen LogP contribution is -1.99. The van der Waals surface area contributed by atoms with Crippen molar-refractivity contribution in [1.82, 2.24) is 0 Å². The Balaban J connectivity index is 1.61. The Bertz CT molecular complexity index is 1360. The molecule has 4 rings (SSSR count). The third-order valence-electron chi connectivity index (χ3n) is 5.02. The van der Waals surface area contributed by atoms with Crippen LogP contribution in [0.3, 0.4) is 0 Å². The Morgan fingerprint density at radius 1 is 1.00 bits per heavy atom. The Hall–Kier alpha value is -3.81. The van der Waals surface area contributed by atoms with Crippen LogP contribution in [0.2, 0.25) is 5.02 Å². The lowest BCUT2D eigenvalue weighted by Gasteiger charge is -2.14. The van der Waals surface area contributed by atoms with E-state index in [-0.39, 0.29) is 0 Å². The molecule has 0 saturated carbocycles. The summed E-state index contributed by atoms with van der Waals surface area (Å²) in [6.07, 6.45) is 1.64. The summed E-state index contributed by atoms with van der Waals surface area (Å²) in [5, 5.41) is 12.2. The standard InChI is InChI=1S/C27H19ClFNO2/c1-31-26-14-19(12-23(16-30)22-7-4-8-24(29)15-22)13-25(28)27(26)32-17-18-9-10-20-5-2-3-6-21(20)11-18/h2-15H,17H2,1H3/b23-12-. The predicted octanol–water partition coefficient (Wildman–Crippen LogP) is 7.28. The molecule has 0 amide bonds. The Morgan fingerprint density at radius 2 is 1.81 bits per heavy atom. The first-order valence-electron chi connectivity index (χ1n) is 9.93. The SMILES string of the molecule is COc1cc(/C=C(/C#N)c2cccc(F)c2)cc(Cl)c1OCc1ccc2ccccc2c1. The van der Waals surface area contributed by atoms with Crippen LogP contribution in [0.4, 0.5) is 4.39 Å². The zero-order chi connectivity index (χ0) is 22.5. The topological polar surface area (TPSA) is 42.2 Å². The summed E-state index contributed by atoms with van der Waals surface area (Å²) in [4.78, 5) is 0. The largest absolute Gasteiger partial charge is 0.493 e. The lowest BCUT2D eigenvalue weighted by molar-refractivity contribution is 0.285. The van der Waals surface area contributed by atoms with Gasteiger partial charge in [-0.15, -0.1) is 0 Å². The first kappa shape index (κ1) is 21.4. The van der Waals surface area contributed by atoms with Crippen LogP contribution in [0.1, 0.15) is 16.7 Å². The highest BCUT2D eigenvalue weighted by molar-refractivity contribution is 6.32. The molecule has 4 aromatic carbocycles. The molecule has 0 unspecified atom stereocenters. The Kier molecular flexibility index (Phi) is 6.39. The van der Waals surface area contributed by atoms with Gasteiger partial charge in [-0.05, 0) is 63.9 Å². The molecule has 0 fully saturated rings. The van der Waals surface area contributed by atoms with Crippen molar-refractivity contribution in [2.45, 2.75) is 6.61 Å². The van der Waals surface area contributed by atoms with Crippen molar-refractivity contribution < 1.29 is 13.9 Å². The molecule has 0 spiro atoms. The van der Waals surface area contributed by atoms with Gasteiger partial charge in [0, 0.05) is 0 Å². The highest BCUT2D eigenvalue weighted by Crippen LogP contribution is 2.38. The summed E-state index contributed by atoms with van der Waals surface area (Å²) < 4.78 is 25.0. The van der Waals surface area contributed by atoms with Gasteiger partial charge in [0.25, 0.3) is 0 Å². The van der Waals surface area contributed by atoms with E-state index >= 15 is 0 Å². The number of allylic oxidation sites excluding steroid dienone is 1. The van der Waals surface area contributed by atoms with E-state index in [0.29, 0.717) is 39.8 Å². The third kappa shape index (κ3) is 4.74. The van der Waals surface area contributed by atoms with Crippen molar-refractivity contribution in [3.05, 3.63) is 106 Å². The minimum absolute atomic E-state index is 0.312. The summed E-state index contributed by atoms with van der Waals surface area (Å²) in [6, 6.07) is 25.7. The van der Waals surface area contributed by atoms with Crippen molar-refractivity contribution in [3.63, 3.8) is 0 Å². The molecule has 0 aromatic heterocycles. The fourth-order valence-electron chi connectivity index (χ4n) is 3.45. The van der Waals surface area contributed by atoms with Crippen molar-refractivity contribution in [2.75, 3.05) is 7.11 Å². The average molecular weight is 444 g/mol. The summed E-state index contributed by atoms with van der Waals surface area (Å²) in [7, 11) is 1.53. The number of halogens is 2. The molecule has 0 N–H and O–H groups in total. The van der Waals surface area contributed by atoms with E-state index < -0.39 is 5.82 Å². The van der Waals surface area contributed by atoms with Gasteiger partial charge in [-0.25, -0.2) is 4.39 Å². The molecule has 5 heteroatoms. The van der Waals surface area contributed by atoms with Crippen LogP contribution in [0.15, 0.2) is 78.9 Å². The number of ether oxygens (including phenoxy) is 2. The summed E-state index contributed by atoms with van der Waals surface area (Å²) in [5.41, 5.74) is 2.45. The third-order valence-corrected chi connectivity index (χ3v) is 5.30. The molecule has 0 radical (unpaired) electrons. The van der Waals surface area contributed by atoms with Gasteiger partial charge in [0.2, 0.25) is 0 Å². The highest BCUT2D eigenvalue weighted by Gasteiger charge is 2.13. The van der Waals surface area contributed by atoms with E-state index in [9.17, 15) is 9.65 Å². The highest BCUT2D eigenvalue weighted by atomic mass is 35.5. The number of hydrogen-bond donors (Lipinski definition) is 0. The Labute approximate surface area is 190 Å². The van der Waals surface area contributed by atoms with Gasteiger partial charge < -0.3 is 9.47 Å². The number of rotatable bonds is 6. The zero-order valence-corrected chi connectivity index (χ0v) is 18.1. The molecule has 0 aliphatic heterocycles. The second-order valence-corrected chi connectivity index (χ2v) is 7.59. The molecule has 0 aliphatic rings. The van der Waals surface area contributed by atoms with Gasteiger partial charge >= 0.3 is 0 Å². The summed E-state index contributed by atoms with van der Waals surface area (Å²) in [6.45, 7) is 0.322. The van der Waals surface area contributed by atoms with E-state index in [1.807, 2.05) is 18.2 Å². The Morgan fingerprint density at radius 3 is 2.56 bits per heavy atom. The minimum Gasteiger partial charge on any atom is -0.493 e. The number of methoxy groups -OCH3 is 1. The maximum Gasteiger partial charge on any atom is 0.180 e. The summed E-state index contributed by atoms with van der Waals surface area (Å²) in [5.74, 6) is 0.460. The number of nitriles is 1.